The molecule has 2 nitrogen and oxygen atoms in total. The van der Waals surface area contributed by atoms with Gasteiger partial charge in [-0.1, -0.05) is 40.0 Å². The van der Waals surface area contributed by atoms with Crippen LogP contribution in [-0.4, -0.2) is 49.6 Å². The zero-order valence-corrected chi connectivity index (χ0v) is 14.3. The van der Waals surface area contributed by atoms with Gasteiger partial charge in [-0.05, 0) is 50.1 Å². The minimum atomic E-state index is 0.645. The van der Waals surface area contributed by atoms with Crippen LogP contribution in [0.15, 0.2) is 0 Å². The predicted molar refractivity (Wildman–Crippen MR) is 88.1 cm³/mol. The summed E-state index contributed by atoms with van der Waals surface area (Å²) in [5.74, 6) is 1.81. The van der Waals surface area contributed by atoms with E-state index in [0.29, 0.717) is 5.41 Å². The Kier molecular flexibility index (Phi) is 5.92. The van der Waals surface area contributed by atoms with Crippen molar-refractivity contribution in [2.75, 3.05) is 39.8 Å². The molecule has 2 heterocycles. The van der Waals surface area contributed by atoms with Gasteiger partial charge in [0.2, 0.25) is 0 Å². The van der Waals surface area contributed by atoms with Crippen molar-refractivity contribution in [3.63, 3.8) is 0 Å². The molecule has 118 valence electrons. The van der Waals surface area contributed by atoms with Gasteiger partial charge >= 0.3 is 0 Å². The fraction of sp³-hybridized carbons (Fsp3) is 1.00. The molecule has 0 aromatic carbocycles. The number of hydrogen-bond acceptors (Lipinski definition) is 2. The van der Waals surface area contributed by atoms with E-state index in [-0.39, 0.29) is 0 Å². The fourth-order valence-electron chi connectivity index (χ4n) is 5.05. The quantitative estimate of drug-likeness (QED) is 0.653. The summed E-state index contributed by atoms with van der Waals surface area (Å²) in [5, 5.41) is 0. The summed E-state index contributed by atoms with van der Waals surface area (Å²) in [6.07, 6.45) is 8.37. The topological polar surface area (TPSA) is 6.48 Å². The molecular weight excluding hydrogens is 244 g/mol. The minimum Gasteiger partial charge on any atom is -0.306 e. The molecule has 0 N–H and O–H groups in total. The van der Waals surface area contributed by atoms with Crippen LogP contribution in [0, 0.1) is 17.3 Å². The molecule has 2 atom stereocenters. The van der Waals surface area contributed by atoms with E-state index in [4.69, 9.17) is 0 Å². The zero-order valence-electron chi connectivity index (χ0n) is 14.3. The molecule has 2 fully saturated rings. The fourth-order valence-corrected chi connectivity index (χ4v) is 5.05. The third-order valence-electron chi connectivity index (χ3n) is 6.29. The van der Waals surface area contributed by atoms with Gasteiger partial charge in [0.05, 0.1) is 0 Å². The molecule has 0 aliphatic carbocycles. The van der Waals surface area contributed by atoms with Gasteiger partial charge in [-0.15, -0.1) is 0 Å². The Morgan fingerprint density at radius 3 is 1.95 bits per heavy atom. The molecule has 0 saturated carbocycles. The number of fused-ring (bicyclic) bond motifs is 2. The molecule has 0 aromatic heterocycles. The van der Waals surface area contributed by atoms with Crippen molar-refractivity contribution in [3.05, 3.63) is 0 Å². The molecule has 0 radical (unpaired) electrons. The van der Waals surface area contributed by atoms with E-state index in [1.54, 1.807) is 0 Å². The molecular formula is C18H36N2. The maximum Gasteiger partial charge on any atom is 0.00275 e. The lowest BCUT2D eigenvalue weighted by Gasteiger charge is -2.58. The van der Waals surface area contributed by atoms with Crippen LogP contribution in [0.1, 0.15) is 59.3 Å². The Morgan fingerprint density at radius 1 is 0.850 bits per heavy atom. The Balaban J connectivity index is 1.95. The van der Waals surface area contributed by atoms with Crippen molar-refractivity contribution in [2.45, 2.75) is 59.3 Å². The smallest absolute Gasteiger partial charge is 0.00275 e. The SMILES string of the molecule is CCCCCCN1CC2CN(C)CC(C1)C2(CC)CC. The third kappa shape index (κ3) is 3.22. The maximum atomic E-state index is 2.79. The predicted octanol–water partition coefficient (Wildman–Crippen LogP) is 3.87. The van der Waals surface area contributed by atoms with Crippen molar-refractivity contribution in [3.8, 4) is 0 Å². The van der Waals surface area contributed by atoms with E-state index >= 15 is 0 Å². The Morgan fingerprint density at radius 2 is 1.45 bits per heavy atom. The summed E-state index contributed by atoms with van der Waals surface area (Å²) in [7, 11) is 2.33. The first-order chi connectivity index (χ1) is 9.66. The van der Waals surface area contributed by atoms with Crippen LogP contribution in [-0.2, 0) is 0 Å². The van der Waals surface area contributed by atoms with Crippen molar-refractivity contribution in [2.24, 2.45) is 17.3 Å². The number of nitrogens with zero attached hydrogens (tertiary/aromatic N) is 2. The maximum absolute atomic E-state index is 2.79. The van der Waals surface area contributed by atoms with Crippen LogP contribution in [0.4, 0.5) is 0 Å². The summed E-state index contributed by atoms with van der Waals surface area (Å²) >= 11 is 0. The Hall–Kier alpha value is -0.0800. The second-order valence-corrected chi connectivity index (χ2v) is 7.38. The molecule has 2 aliphatic heterocycles. The first-order valence-corrected chi connectivity index (χ1v) is 9.07. The van der Waals surface area contributed by atoms with Crippen LogP contribution in [0.2, 0.25) is 0 Å². The normalized spacial score (nSPS) is 30.6. The standard InChI is InChI=1S/C18H36N2/c1-5-8-9-10-11-20-14-16-12-19(4)13-17(15-20)18(16,6-2)7-3/h16-17H,5-15H2,1-4H3. The average molecular weight is 280 g/mol. The molecule has 2 unspecified atom stereocenters. The second kappa shape index (κ2) is 7.26. The highest BCUT2D eigenvalue weighted by atomic mass is 15.2. The van der Waals surface area contributed by atoms with Gasteiger partial charge in [0, 0.05) is 26.2 Å². The van der Waals surface area contributed by atoms with Gasteiger partial charge in [-0.25, -0.2) is 0 Å². The zero-order chi connectivity index (χ0) is 14.6. The Labute approximate surface area is 126 Å². The molecule has 2 bridgehead atoms. The van der Waals surface area contributed by atoms with Crippen molar-refractivity contribution in [1.82, 2.24) is 9.80 Å². The summed E-state index contributed by atoms with van der Waals surface area (Å²) in [4.78, 5) is 5.38. The summed E-state index contributed by atoms with van der Waals surface area (Å²) < 4.78 is 0. The third-order valence-corrected chi connectivity index (χ3v) is 6.29. The van der Waals surface area contributed by atoms with E-state index in [2.05, 4.69) is 37.6 Å². The van der Waals surface area contributed by atoms with Gasteiger partial charge in [-0.3, -0.25) is 0 Å². The van der Waals surface area contributed by atoms with Crippen molar-refractivity contribution >= 4 is 0 Å². The first kappa shape index (κ1) is 16.3. The largest absolute Gasteiger partial charge is 0.306 e. The lowest BCUT2D eigenvalue weighted by atomic mass is 9.58. The molecule has 2 heteroatoms. The molecule has 0 spiro atoms. The second-order valence-electron chi connectivity index (χ2n) is 7.38. The number of piperidine rings is 2. The number of unbranched alkanes of at least 4 members (excludes halogenated alkanes) is 3. The van der Waals surface area contributed by atoms with E-state index < -0.39 is 0 Å². The molecule has 20 heavy (non-hydrogen) atoms. The van der Waals surface area contributed by atoms with E-state index in [1.165, 1.54) is 71.2 Å². The number of likely N-dealkylation sites (tertiary alicyclic amines) is 2. The molecule has 0 aromatic rings. The average Bonchev–Trinajstić information content (AvgIpc) is 2.43. The monoisotopic (exact) mass is 280 g/mol. The van der Waals surface area contributed by atoms with Gasteiger partial charge < -0.3 is 9.80 Å². The van der Waals surface area contributed by atoms with Gasteiger partial charge in [-0.2, -0.15) is 0 Å². The highest BCUT2D eigenvalue weighted by Crippen LogP contribution is 2.49. The lowest BCUT2D eigenvalue weighted by Crippen LogP contribution is -2.62. The lowest BCUT2D eigenvalue weighted by molar-refractivity contribution is -0.0907. The van der Waals surface area contributed by atoms with E-state index in [0.717, 1.165) is 11.8 Å². The molecule has 2 saturated heterocycles. The van der Waals surface area contributed by atoms with E-state index in [9.17, 15) is 0 Å². The van der Waals surface area contributed by atoms with Gasteiger partial charge in [0.15, 0.2) is 0 Å². The summed E-state index contributed by atoms with van der Waals surface area (Å²) in [6, 6.07) is 0. The first-order valence-electron chi connectivity index (χ1n) is 9.07. The van der Waals surface area contributed by atoms with E-state index in [1.807, 2.05) is 0 Å². The molecule has 2 aliphatic rings. The van der Waals surface area contributed by atoms with Crippen LogP contribution in [0.5, 0.6) is 0 Å². The van der Waals surface area contributed by atoms with Crippen LogP contribution < -0.4 is 0 Å². The van der Waals surface area contributed by atoms with Crippen molar-refractivity contribution in [1.29, 1.82) is 0 Å². The van der Waals surface area contributed by atoms with Crippen molar-refractivity contribution < 1.29 is 0 Å². The highest BCUT2D eigenvalue weighted by molar-refractivity contribution is 5.01. The molecule has 0 amide bonds. The number of rotatable bonds is 7. The van der Waals surface area contributed by atoms with Gasteiger partial charge in [0.25, 0.3) is 0 Å². The van der Waals surface area contributed by atoms with Crippen LogP contribution >= 0.6 is 0 Å². The summed E-state index contributed by atoms with van der Waals surface area (Å²) in [6.45, 7) is 13.9. The summed E-state index contributed by atoms with van der Waals surface area (Å²) in [5.41, 5.74) is 0.645. The highest BCUT2D eigenvalue weighted by Gasteiger charge is 2.50. The molecule has 2 rings (SSSR count). The Bertz CT molecular complexity index is 267. The minimum absolute atomic E-state index is 0.645. The van der Waals surface area contributed by atoms with Crippen LogP contribution in [0.25, 0.3) is 0 Å². The number of hydrogen-bond donors (Lipinski definition) is 0. The van der Waals surface area contributed by atoms with Crippen LogP contribution in [0.3, 0.4) is 0 Å². The van der Waals surface area contributed by atoms with Gasteiger partial charge in [0.1, 0.15) is 0 Å².